The van der Waals surface area contributed by atoms with E-state index in [0.717, 1.165) is 19.4 Å². The molecule has 170 valence electrons. The van der Waals surface area contributed by atoms with Crippen LogP contribution in [-0.4, -0.2) is 38.4 Å². The molecule has 1 fully saturated rings. The van der Waals surface area contributed by atoms with Crippen LogP contribution in [-0.2, 0) is 9.53 Å². The maximum Gasteiger partial charge on any atom is 0.333 e. The largest absolute Gasteiger partial charge is 0.494 e. The van der Waals surface area contributed by atoms with E-state index in [-0.39, 0.29) is 24.0 Å². The fourth-order valence-corrected chi connectivity index (χ4v) is 3.54. The lowest BCUT2D eigenvalue weighted by molar-refractivity contribution is -0.144. The molecule has 1 heterocycles. The van der Waals surface area contributed by atoms with E-state index in [9.17, 15) is 4.79 Å². The topological polar surface area (TPSA) is 92.6 Å². The predicted octanol–water partition coefficient (Wildman–Crippen LogP) is 3.94. The van der Waals surface area contributed by atoms with Gasteiger partial charge >= 0.3 is 5.97 Å². The summed E-state index contributed by atoms with van der Waals surface area (Å²) < 4.78 is 32.4. The van der Waals surface area contributed by atoms with Crippen molar-refractivity contribution in [2.45, 2.75) is 38.8 Å². The van der Waals surface area contributed by atoms with Crippen LogP contribution in [0.15, 0.2) is 36.4 Å². The summed E-state index contributed by atoms with van der Waals surface area (Å²) >= 11 is 0. The number of rotatable bonds is 9. The summed E-state index contributed by atoms with van der Waals surface area (Å²) in [4.78, 5) is 12.8. The third-order valence-electron chi connectivity index (χ3n) is 5.06. The van der Waals surface area contributed by atoms with Crippen LogP contribution in [0.1, 0.15) is 43.9 Å². The van der Waals surface area contributed by atoms with Gasteiger partial charge in [-0.2, -0.15) is 5.26 Å². The number of halogens is 1. The number of carbonyl (C=O) groups excluding carboxylic acids is 1. The molecule has 2 N–H and O–H groups in total. The monoisotopic (exact) mass is 441 g/mol. The molecule has 3 rings (SSSR count). The highest BCUT2D eigenvalue weighted by Gasteiger charge is 2.29. The summed E-state index contributed by atoms with van der Waals surface area (Å²) in [6.45, 7) is 5.57. The van der Waals surface area contributed by atoms with Crippen LogP contribution < -0.4 is 20.1 Å². The van der Waals surface area contributed by atoms with Crippen LogP contribution in [0, 0.1) is 17.1 Å². The van der Waals surface area contributed by atoms with Gasteiger partial charge in [0, 0.05) is 23.9 Å². The molecule has 0 saturated carbocycles. The number of esters is 1. The van der Waals surface area contributed by atoms with Gasteiger partial charge in [0.1, 0.15) is 11.9 Å². The molecule has 0 radical (unpaired) electrons. The number of ether oxygens (including phenoxy) is 3. The zero-order valence-corrected chi connectivity index (χ0v) is 18.3. The second-order valence-electron chi connectivity index (χ2n) is 7.36. The van der Waals surface area contributed by atoms with Crippen molar-refractivity contribution < 1.29 is 23.4 Å². The van der Waals surface area contributed by atoms with Crippen molar-refractivity contribution in [2.75, 3.05) is 31.6 Å². The van der Waals surface area contributed by atoms with E-state index in [0.29, 0.717) is 30.2 Å². The first-order valence-electron chi connectivity index (χ1n) is 10.8. The van der Waals surface area contributed by atoms with Gasteiger partial charge in [0.15, 0.2) is 17.6 Å². The van der Waals surface area contributed by atoms with Crippen LogP contribution in [0.5, 0.6) is 11.5 Å². The predicted molar refractivity (Wildman–Crippen MR) is 118 cm³/mol. The van der Waals surface area contributed by atoms with Crippen molar-refractivity contribution in [2.24, 2.45) is 0 Å². The molecule has 2 unspecified atom stereocenters. The maximum atomic E-state index is 15.6. The van der Waals surface area contributed by atoms with Crippen molar-refractivity contribution in [1.82, 2.24) is 5.32 Å². The van der Waals surface area contributed by atoms with E-state index >= 15 is 4.39 Å². The molecule has 1 aliphatic rings. The van der Waals surface area contributed by atoms with E-state index in [2.05, 4.69) is 10.6 Å². The summed E-state index contributed by atoms with van der Waals surface area (Å²) in [6.07, 6.45) is 1.58. The highest BCUT2D eigenvalue weighted by Crippen LogP contribution is 2.34. The Hall–Kier alpha value is -3.31. The summed E-state index contributed by atoms with van der Waals surface area (Å²) in [5, 5.41) is 15.3. The highest BCUT2D eigenvalue weighted by molar-refractivity contribution is 5.81. The molecule has 0 bridgehead atoms. The lowest BCUT2D eigenvalue weighted by Crippen LogP contribution is -2.37. The molecule has 0 aromatic heterocycles. The Labute approximate surface area is 187 Å². The van der Waals surface area contributed by atoms with Gasteiger partial charge in [0.2, 0.25) is 0 Å². The van der Waals surface area contributed by atoms with E-state index in [4.69, 9.17) is 19.5 Å². The smallest absolute Gasteiger partial charge is 0.333 e. The van der Waals surface area contributed by atoms with Crippen LogP contribution >= 0.6 is 0 Å². The Morgan fingerprint density at radius 1 is 1.28 bits per heavy atom. The minimum atomic E-state index is -1.13. The average Bonchev–Trinajstić information content (AvgIpc) is 2.81. The fraction of sp³-hybridized carbons (Fsp3) is 0.417. The minimum Gasteiger partial charge on any atom is -0.494 e. The normalized spacial score (nSPS) is 16.5. The molecule has 0 aliphatic carbocycles. The summed E-state index contributed by atoms with van der Waals surface area (Å²) in [5.41, 5.74) is 1.09. The van der Waals surface area contributed by atoms with Gasteiger partial charge in [-0.3, -0.25) is 0 Å². The Kier molecular flexibility index (Phi) is 8.28. The average molecular weight is 442 g/mol. The quantitative estimate of drug-likeness (QED) is 0.570. The number of carbonyl (C=O) groups is 1. The first-order chi connectivity index (χ1) is 15.5. The van der Waals surface area contributed by atoms with E-state index in [1.807, 2.05) is 13.0 Å². The number of hydrogen-bond acceptors (Lipinski definition) is 7. The molecule has 0 amide bonds. The second kappa shape index (κ2) is 11.3. The van der Waals surface area contributed by atoms with Gasteiger partial charge in [-0.15, -0.1) is 0 Å². The fourth-order valence-electron chi connectivity index (χ4n) is 3.54. The van der Waals surface area contributed by atoms with Gasteiger partial charge in [-0.25, -0.2) is 9.18 Å². The third-order valence-corrected chi connectivity index (χ3v) is 5.06. The van der Waals surface area contributed by atoms with Crippen LogP contribution in [0.2, 0.25) is 0 Å². The number of piperidine rings is 1. The minimum absolute atomic E-state index is 0.0376. The molecule has 32 heavy (non-hydrogen) atoms. The zero-order chi connectivity index (χ0) is 22.9. The molecule has 0 spiro atoms. The van der Waals surface area contributed by atoms with E-state index in [1.165, 1.54) is 12.1 Å². The summed E-state index contributed by atoms with van der Waals surface area (Å²) in [7, 11) is 0. The maximum absolute atomic E-state index is 15.6. The molecule has 1 saturated heterocycles. The second-order valence-corrected chi connectivity index (χ2v) is 7.36. The van der Waals surface area contributed by atoms with Crippen molar-refractivity contribution in [3.05, 3.63) is 53.3 Å². The number of benzene rings is 2. The van der Waals surface area contributed by atoms with E-state index in [1.54, 1.807) is 31.2 Å². The lowest BCUT2D eigenvalue weighted by atomic mass is 10.0. The van der Waals surface area contributed by atoms with Crippen LogP contribution in [0.25, 0.3) is 0 Å². The number of nitrogens with zero attached hydrogens (tertiary/aromatic N) is 1. The molecule has 1 aliphatic heterocycles. The SMILES string of the molecule is CCOC(=O)C(Nc1ccc(C#N)cc1)c1cc(OCC)cc(OC2CCCNC2)c1F. The first-order valence-corrected chi connectivity index (χ1v) is 10.8. The molecule has 7 nitrogen and oxygen atoms in total. The van der Waals surface area contributed by atoms with Crippen molar-refractivity contribution in [3.8, 4) is 17.6 Å². The van der Waals surface area contributed by atoms with Gasteiger partial charge in [-0.05, 0) is 63.6 Å². The van der Waals surface area contributed by atoms with E-state index < -0.39 is 17.8 Å². The number of anilines is 1. The molecule has 2 atom stereocenters. The Bertz CT molecular complexity index is 953. The molecule has 2 aromatic rings. The van der Waals surface area contributed by atoms with Gasteiger partial charge in [0.05, 0.1) is 24.8 Å². The number of hydrogen-bond donors (Lipinski definition) is 2. The molecule has 2 aromatic carbocycles. The highest BCUT2D eigenvalue weighted by atomic mass is 19.1. The van der Waals surface area contributed by atoms with Crippen molar-refractivity contribution in [1.29, 1.82) is 5.26 Å². The van der Waals surface area contributed by atoms with Crippen molar-refractivity contribution in [3.63, 3.8) is 0 Å². The molecular formula is C24H28FN3O4. The standard InChI is InChI=1S/C24H28FN3O4/c1-3-30-19-12-20(22(25)21(13-19)32-18-6-5-11-27-15-18)23(24(29)31-4-2)28-17-9-7-16(14-26)8-10-17/h7-10,12-13,18,23,27-28H,3-6,11,15H2,1-2H3. The Balaban J connectivity index is 1.98. The zero-order valence-electron chi connectivity index (χ0n) is 18.3. The number of nitriles is 1. The molecular weight excluding hydrogens is 413 g/mol. The third kappa shape index (κ3) is 5.89. The first kappa shape index (κ1) is 23.4. The Morgan fingerprint density at radius 3 is 2.69 bits per heavy atom. The van der Waals surface area contributed by atoms with Gasteiger partial charge < -0.3 is 24.8 Å². The van der Waals surface area contributed by atoms with Crippen LogP contribution in [0.4, 0.5) is 10.1 Å². The number of nitrogens with one attached hydrogen (secondary N) is 2. The van der Waals surface area contributed by atoms with Gasteiger partial charge in [-0.1, -0.05) is 0 Å². The summed E-state index contributed by atoms with van der Waals surface area (Å²) in [6, 6.07) is 10.4. The Morgan fingerprint density at radius 2 is 2.06 bits per heavy atom. The van der Waals surface area contributed by atoms with Gasteiger partial charge in [0.25, 0.3) is 0 Å². The molecule has 8 heteroatoms. The van der Waals surface area contributed by atoms with Crippen LogP contribution in [0.3, 0.4) is 0 Å². The van der Waals surface area contributed by atoms with Crippen molar-refractivity contribution >= 4 is 11.7 Å². The summed E-state index contributed by atoms with van der Waals surface area (Å²) in [5.74, 6) is -0.831. The lowest BCUT2D eigenvalue weighted by Gasteiger charge is -2.26.